The first-order valence-corrected chi connectivity index (χ1v) is 6.63. The van der Waals surface area contributed by atoms with Crippen molar-refractivity contribution >= 4 is 16.5 Å². The molecule has 1 aromatic rings. The first-order chi connectivity index (χ1) is 7.03. The number of anilines is 1. The summed E-state index contributed by atoms with van der Waals surface area (Å²) in [6.07, 6.45) is 4.15. The van der Waals surface area contributed by atoms with Crippen LogP contribution in [0.3, 0.4) is 0 Å². The van der Waals surface area contributed by atoms with E-state index in [4.69, 9.17) is 4.98 Å². The third-order valence-electron chi connectivity index (χ3n) is 3.35. The van der Waals surface area contributed by atoms with Crippen molar-refractivity contribution < 1.29 is 0 Å². The molecule has 2 nitrogen and oxygen atoms in total. The zero-order chi connectivity index (χ0) is 10.6. The van der Waals surface area contributed by atoms with E-state index < -0.39 is 0 Å². The lowest BCUT2D eigenvalue weighted by atomic mass is 10.0. The standard InChI is InChI=1S/C12H18N2S/c1-12(2,3)14-11-13-9-7-4-5-8(6-7)10(9)15-11/h7-8H,4-6H2,1-3H3,(H,13,14). The molecule has 2 atom stereocenters. The monoisotopic (exact) mass is 222 g/mol. The highest BCUT2D eigenvalue weighted by Crippen LogP contribution is 2.55. The van der Waals surface area contributed by atoms with E-state index in [-0.39, 0.29) is 5.54 Å². The predicted molar refractivity (Wildman–Crippen MR) is 64.8 cm³/mol. The lowest BCUT2D eigenvalue weighted by Crippen LogP contribution is -2.25. The van der Waals surface area contributed by atoms with E-state index in [1.807, 2.05) is 11.3 Å². The van der Waals surface area contributed by atoms with Gasteiger partial charge < -0.3 is 5.32 Å². The summed E-state index contributed by atoms with van der Waals surface area (Å²) in [5.74, 6) is 1.63. The Bertz CT molecular complexity index is 361. The fraction of sp³-hybridized carbons (Fsp3) is 0.750. The van der Waals surface area contributed by atoms with E-state index in [2.05, 4.69) is 26.1 Å². The van der Waals surface area contributed by atoms with Gasteiger partial charge in [-0.2, -0.15) is 0 Å². The van der Waals surface area contributed by atoms with Crippen molar-refractivity contribution in [1.82, 2.24) is 4.98 Å². The Morgan fingerprint density at radius 2 is 2.00 bits per heavy atom. The number of aromatic nitrogens is 1. The van der Waals surface area contributed by atoms with E-state index in [9.17, 15) is 0 Å². The topological polar surface area (TPSA) is 24.9 Å². The van der Waals surface area contributed by atoms with Gasteiger partial charge in [-0.05, 0) is 46.0 Å². The smallest absolute Gasteiger partial charge is 0.183 e. The second-order valence-corrected chi connectivity index (χ2v) is 6.88. The fourth-order valence-electron chi connectivity index (χ4n) is 2.77. The number of hydrogen-bond donors (Lipinski definition) is 1. The molecule has 2 unspecified atom stereocenters. The second-order valence-electron chi connectivity index (χ2n) is 5.85. The molecule has 0 aromatic carbocycles. The zero-order valence-corrected chi connectivity index (χ0v) is 10.4. The van der Waals surface area contributed by atoms with Gasteiger partial charge in [0, 0.05) is 16.3 Å². The van der Waals surface area contributed by atoms with Crippen LogP contribution in [0.1, 0.15) is 62.4 Å². The average molecular weight is 222 g/mol. The van der Waals surface area contributed by atoms with Crippen molar-refractivity contribution in [1.29, 1.82) is 0 Å². The molecule has 0 aliphatic heterocycles. The highest BCUT2D eigenvalue weighted by molar-refractivity contribution is 7.15. The lowest BCUT2D eigenvalue weighted by molar-refractivity contribution is 0.631. The largest absolute Gasteiger partial charge is 0.357 e. The van der Waals surface area contributed by atoms with Crippen molar-refractivity contribution in [2.24, 2.45) is 0 Å². The Morgan fingerprint density at radius 3 is 2.67 bits per heavy atom. The van der Waals surface area contributed by atoms with Gasteiger partial charge in [-0.25, -0.2) is 4.98 Å². The van der Waals surface area contributed by atoms with E-state index in [1.165, 1.54) is 25.0 Å². The first kappa shape index (κ1) is 9.64. The Labute approximate surface area is 95.1 Å². The van der Waals surface area contributed by atoms with Gasteiger partial charge in [-0.1, -0.05) is 0 Å². The van der Waals surface area contributed by atoms with Crippen molar-refractivity contribution in [3.63, 3.8) is 0 Å². The summed E-state index contributed by atoms with van der Waals surface area (Å²) < 4.78 is 0. The molecule has 82 valence electrons. The van der Waals surface area contributed by atoms with Crippen molar-refractivity contribution in [3.05, 3.63) is 10.6 Å². The summed E-state index contributed by atoms with van der Waals surface area (Å²) >= 11 is 1.89. The Kier molecular flexibility index (Phi) is 1.91. The summed E-state index contributed by atoms with van der Waals surface area (Å²) in [7, 11) is 0. The van der Waals surface area contributed by atoms with Crippen LogP contribution < -0.4 is 5.32 Å². The van der Waals surface area contributed by atoms with Gasteiger partial charge in [-0.3, -0.25) is 0 Å². The normalized spacial score (nSPS) is 28.2. The Hall–Kier alpha value is -0.570. The molecule has 0 saturated heterocycles. The van der Waals surface area contributed by atoms with Gasteiger partial charge in [0.1, 0.15) is 0 Å². The number of rotatable bonds is 1. The molecule has 0 amide bonds. The van der Waals surface area contributed by atoms with Crippen molar-refractivity contribution in [2.75, 3.05) is 5.32 Å². The van der Waals surface area contributed by atoms with Gasteiger partial charge in [0.05, 0.1) is 5.69 Å². The first-order valence-electron chi connectivity index (χ1n) is 5.82. The highest BCUT2D eigenvalue weighted by Gasteiger charge is 2.40. The molecule has 0 radical (unpaired) electrons. The summed E-state index contributed by atoms with van der Waals surface area (Å²) in [6, 6.07) is 0. The van der Waals surface area contributed by atoms with Crippen LogP contribution in [0.2, 0.25) is 0 Å². The maximum absolute atomic E-state index is 4.77. The minimum absolute atomic E-state index is 0.130. The molecular weight excluding hydrogens is 204 g/mol. The SMILES string of the molecule is CC(C)(C)Nc1nc2c(s1)C1CCC2C1. The van der Waals surface area contributed by atoms with E-state index in [0.29, 0.717) is 0 Å². The van der Waals surface area contributed by atoms with Crippen LogP contribution in [0, 0.1) is 0 Å². The third-order valence-corrected chi connectivity index (χ3v) is 4.50. The maximum Gasteiger partial charge on any atom is 0.183 e. The summed E-state index contributed by atoms with van der Waals surface area (Å²) in [5.41, 5.74) is 1.55. The molecule has 1 heterocycles. The highest BCUT2D eigenvalue weighted by atomic mass is 32.1. The van der Waals surface area contributed by atoms with Crippen LogP contribution in [-0.4, -0.2) is 10.5 Å². The molecule has 3 rings (SSSR count). The van der Waals surface area contributed by atoms with E-state index >= 15 is 0 Å². The molecule has 2 aliphatic carbocycles. The van der Waals surface area contributed by atoms with Gasteiger partial charge in [-0.15, -0.1) is 11.3 Å². The van der Waals surface area contributed by atoms with Crippen LogP contribution in [0.4, 0.5) is 5.13 Å². The summed E-state index contributed by atoms with van der Waals surface area (Å²) in [4.78, 5) is 6.35. The van der Waals surface area contributed by atoms with E-state index in [0.717, 1.165) is 17.0 Å². The fourth-order valence-corrected chi connectivity index (χ4v) is 4.18. The molecule has 1 aromatic heterocycles. The maximum atomic E-state index is 4.77. The molecule has 15 heavy (non-hydrogen) atoms. The number of hydrogen-bond acceptors (Lipinski definition) is 3. The number of nitrogens with one attached hydrogen (secondary N) is 1. The van der Waals surface area contributed by atoms with Crippen LogP contribution >= 0.6 is 11.3 Å². The molecule has 1 fully saturated rings. The average Bonchev–Trinajstić information content (AvgIpc) is 2.67. The molecule has 0 spiro atoms. The number of nitrogens with zero attached hydrogens (tertiary/aromatic N) is 1. The van der Waals surface area contributed by atoms with Crippen LogP contribution in [0.25, 0.3) is 0 Å². The molecular formula is C12H18N2S. The van der Waals surface area contributed by atoms with Gasteiger partial charge in [0.25, 0.3) is 0 Å². The van der Waals surface area contributed by atoms with Gasteiger partial charge in [0.2, 0.25) is 0 Å². The Balaban J connectivity index is 1.89. The Morgan fingerprint density at radius 1 is 1.27 bits per heavy atom. The second kappa shape index (κ2) is 2.97. The van der Waals surface area contributed by atoms with Crippen LogP contribution in [0.15, 0.2) is 0 Å². The summed E-state index contributed by atoms with van der Waals surface area (Å²) in [5, 5.41) is 4.62. The predicted octanol–water partition coefficient (Wildman–Crippen LogP) is 3.72. The van der Waals surface area contributed by atoms with Crippen LogP contribution in [0.5, 0.6) is 0 Å². The minimum Gasteiger partial charge on any atom is -0.357 e. The van der Waals surface area contributed by atoms with Crippen LogP contribution in [-0.2, 0) is 0 Å². The molecule has 1 N–H and O–H groups in total. The summed E-state index contributed by atoms with van der Waals surface area (Å²) in [6.45, 7) is 6.57. The van der Waals surface area contributed by atoms with Gasteiger partial charge >= 0.3 is 0 Å². The lowest BCUT2D eigenvalue weighted by Gasteiger charge is -2.19. The van der Waals surface area contributed by atoms with Crippen molar-refractivity contribution in [2.45, 2.75) is 57.4 Å². The number of fused-ring (bicyclic) bond motifs is 5. The van der Waals surface area contributed by atoms with Gasteiger partial charge in [0.15, 0.2) is 5.13 Å². The quantitative estimate of drug-likeness (QED) is 0.783. The number of thiazole rings is 1. The molecule has 2 bridgehead atoms. The zero-order valence-electron chi connectivity index (χ0n) is 9.63. The third kappa shape index (κ3) is 1.57. The molecule has 1 saturated carbocycles. The van der Waals surface area contributed by atoms with E-state index in [1.54, 1.807) is 4.88 Å². The molecule has 3 heteroatoms. The minimum atomic E-state index is 0.130. The molecule has 2 aliphatic rings. The van der Waals surface area contributed by atoms with Crippen molar-refractivity contribution in [3.8, 4) is 0 Å².